The fourth-order valence-corrected chi connectivity index (χ4v) is 15.1. The summed E-state index contributed by atoms with van der Waals surface area (Å²) in [5, 5.41) is 20.9. The summed E-state index contributed by atoms with van der Waals surface area (Å²) in [6.07, 6.45) is -17.7. The molecule has 5 fully saturated rings. The molecule has 19 atom stereocenters. The number of aromatic amines is 2. The lowest BCUT2D eigenvalue weighted by Gasteiger charge is -2.25. The average Bonchev–Trinajstić information content (AvgIpc) is 1.76. The van der Waals surface area contributed by atoms with Gasteiger partial charge in [-0.25, -0.2) is 42.6 Å². The first kappa shape index (κ1) is 70.4. The van der Waals surface area contributed by atoms with Gasteiger partial charge in [0.05, 0.1) is 51.8 Å². The van der Waals surface area contributed by atoms with Gasteiger partial charge in [-0.15, -0.1) is 0 Å². The van der Waals surface area contributed by atoms with Gasteiger partial charge >= 0.3 is 48.4 Å². The lowest BCUT2D eigenvalue weighted by molar-refractivity contribution is -0.0640. The van der Waals surface area contributed by atoms with Crippen molar-refractivity contribution in [3.8, 4) is 0 Å². The highest BCUT2D eigenvalue weighted by molar-refractivity contribution is 7.48. The zero-order chi connectivity index (χ0) is 69.9. The number of nitrogens with zero attached hydrogens (tertiary/aromatic N) is 12. The predicted octanol–water partition coefficient (Wildman–Crippen LogP) is -3.27. The third-order valence-electron chi connectivity index (χ3n) is 15.8. The highest BCUT2D eigenvalue weighted by Gasteiger charge is 2.50. The maximum absolute atomic E-state index is 14.3. The van der Waals surface area contributed by atoms with Gasteiger partial charge in [-0.05, 0) is 18.2 Å². The van der Waals surface area contributed by atoms with Gasteiger partial charge in [-0.1, -0.05) is 0 Å². The molecule has 5 aliphatic heterocycles. The number of fused-ring (bicyclic) bond motifs is 2. The molecular weight excluding hydrogens is 1400 g/mol. The molecule has 12 rings (SSSR count). The van der Waals surface area contributed by atoms with Crippen molar-refractivity contribution in [2.45, 2.75) is 124 Å². The van der Waals surface area contributed by atoms with Crippen LogP contribution in [0.15, 0.2) is 73.4 Å². The number of phosphoric acid groups is 4. The molecule has 532 valence electrons. The van der Waals surface area contributed by atoms with E-state index in [0.29, 0.717) is 0 Å². The van der Waals surface area contributed by atoms with Crippen LogP contribution in [0.2, 0.25) is 0 Å². The fourth-order valence-electron chi connectivity index (χ4n) is 11.3. The Kier molecular flexibility index (Phi) is 20.0. The first-order valence-corrected chi connectivity index (χ1v) is 35.0. The first-order chi connectivity index (χ1) is 46.4. The van der Waals surface area contributed by atoms with Crippen LogP contribution in [0, 0.1) is 0 Å². The summed E-state index contributed by atoms with van der Waals surface area (Å²) in [7, 11) is -21.6. The SMILES string of the molecule is Nc1ccn([C@H]2C[C@H](OP(=O)(O)OC[C@H]3O[C@@H](n4ccc(N)nc4=O)C[C@@H]3OP(=O)(O)OC[C@H]3O[C@@H](n4cnc5c(=O)[nH]c(N)nc54)C[C@@H]3OP(=O)(O)OC[C@H]3O[C@@H](n4cnc5c(=O)[nH]c(N)nc54)C[C@@H]3OP(=O)(O)OC[C@H]3O[C@@H](n4ccc(N)nc4=O)C[C@@H]3O)[C@@H](CO)O2)c(=O)n1. The third kappa shape index (κ3) is 15.7. The van der Waals surface area contributed by atoms with E-state index in [-0.39, 0.29) is 64.5 Å². The summed E-state index contributed by atoms with van der Waals surface area (Å²) in [6, 6.07) is 3.81. The van der Waals surface area contributed by atoms with Crippen LogP contribution in [-0.4, -0.2) is 192 Å². The number of H-pyrrole nitrogens is 2. The molecule has 7 aromatic heterocycles. The van der Waals surface area contributed by atoms with Crippen molar-refractivity contribution >= 4 is 83.0 Å². The summed E-state index contributed by atoms with van der Waals surface area (Å²) in [6.45, 7) is -4.64. The smallest absolute Gasteiger partial charge is 0.394 e. The Bertz CT molecular complexity index is 4650. The number of rotatable bonds is 26. The zero-order valence-corrected chi connectivity index (χ0v) is 53.6. The molecule has 5 aliphatic rings. The maximum atomic E-state index is 14.3. The largest absolute Gasteiger partial charge is 0.472 e. The van der Waals surface area contributed by atoms with Crippen LogP contribution in [0.25, 0.3) is 22.3 Å². The van der Waals surface area contributed by atoms with Crippen molar-refractivity contribution in [2.75, 3.05) is 61.7 Å². The van der Waals surface area contributed by atoms with E-state index in [2.05, 4.69) is 44.9 Å². The van der Waals surface area contributed by atoms with E-state index in [0.717, 1.165) is 26.4 Å². The summed E-state index contributed by atoms with van der Waals surface area (Å²) in [5.74, 6) is -1.09. The second kappa shape index (κ2) is 27.9. The molecule has 0 aliphatic carbocycles. The minimum atomic E-state index is -5.53. The minimum absolute atomic E-state index is 0.0846. The normalized spacial score (nSPS) is 29.8. The molecule has 0 radical (unpaired) electrons. The Morgan fingerprint density at radius 1 is 0.449 bits per heavy atom. The van der Waals surface area contributed by atoms with E-state index in [1.165, 1.54) is 45.9 Å². The molecule has 4 unspecified atom stereocenters. The fraction of sp³-hybridized carbons (Fsp3) is 0.532. The summed E-state index contributed by atoms with van der Waals surface area (Å²) in [5.41, 5.74) is 23.6. The van der Waals surface area contributed by atoms with E-state index >= 15 is 0 Å². The van der Waals surface area contributed by atoms with Gasteiger partial charge in [0.2, 0.25) is 11.9 Å². The van der Waals surface area contributed by atoms with Crippen molar-refractivity contribution in [1.82, 2.24) is 67.7 Å². The van der Waals surface area contributed by atoms with Gasteiger partial charge in [-0.3, -0.25) is 78.6 Å². The molecule has 0 saturated carbocycles. The predicted molar refractivity (Wildman–Crippen MR) is 322 cm³/mol. The Hall–Kier alpha value is -7.50. The quantitative estimate of drug-likeness (QED) is 0.0237. The van der Waals surface area contributed by atoms with Crippen molar-refractivity contribution in [1.29, 1.82) is 0 Å². The van der Waals surface area contributed by atoms with E-state index in [9.17, 15) is 72.0 Å². The number of aliphatic hydroxyl groups is 2. The van der Waals surface area contributed by atoms with E-state index < -0.39 is 204 Å². The topological polar surface area (TPSA) is 672 Å². The standard InChI is InChI=1S/C47H61N19O28P4/c48-29-1-4-62(45(71)55-29)32-7-19(68)25(87-32)13-82-95(74,75)93-22-10-35(65-17-53-37-39(65)58-43(51)60-41(37)69)89-27(22)15-85-98(80,81)94-23-11-36(66-18-54-38-40(66)59-44(52)61-42(38)70)90-28(23)16-84-97(78,79)92-21-9-34(64-6-3-31(50)57-47(64)73)88-26(21)14-83-96(76,77)91-20-8-33(86-24(20)12-67)63-5-2-30(49)56-46(63)72/h1-6,17-28,32-36,67-68H,7-16H2,(H,74,75)(H,76,77)(H,78,79)(H,80,81)(H2,48,55,71)(H2,49,56,72)(H2,50,57,73)(H3,51,58,60,69)(H3,52,59,61,70)/t19-,20-,21-,22-,23-,24+,25+,26+,27+,28+,32+,33+,34+,35+,36+/m0/s1. The Morgan fingerprint density at radius 3 is 1.08 bits per heavy atom. The number of aliphatic hydroxyl groups excluding tert-OH is 2. The molecule has 47 nitrogen and oxygen atoms in total. The van der Waals surface area contributed by atoms with Crippen molar-refractivity contribution in [2.24, 2.45) is 0 Å². The lowest BCUT2D eigenvalue weighted by Crippen LogP contribution is -2.32. The molecule has 12 heterocycles. The van der Waals surface area contributed by atoms with Crippen LogP contribution < -0.4 is 56.9 Å². The number of hydrogen-bond donors (Lipinski definition) is 13. The van der Waals surface area contributed by atoms with Gasteiger partial charge in [0.25, 0.3) is 11.1 Å². The highest BCUT2D eigenvalue weighted by atomic mass is 31.2. The molecule has 98 heavy (non-hydrogen) atoms. The van der Waals surface area contributed by atoms with E-state index in [4.69, 9.17) is 88.5 Å². The first-order valence-electron chi connectivity index (χ1n) is 29.0. The summed E-state index contributed by atoms with van der Waals surface area (Å²) < 4.78 is 134. The molecule has 0 spiro atoms. The number of imidazole rings is 2. The molecular formula is C47H61N19O28P4. The lowest BCUT2D eigenvalue weighted by atomic mass is 10.2. The van der Waals surface area contributed by atoms with Crippen molar-refractivity contribution in [3.05, 3.63) is 102 Å². The van der Waals surface area contributed by atoms with Gasteiger partial charge < -0.3 is 82.1 Å². The number of phosphoric ester groups is 4. The van der Waals surface area contributed by atoms with E-state index in [1.807, 2.05) is 0 Å². The van der Waals surface area contributed by atoms with Crippen LogP contribution in [0.3, 0.4) is 0 Å². The van der Waals surface area contributed by atoms with Crippen LogP contribution in [0.1, 0.15) is 63.2 Å². The number of nitrogens with two attached hydrogens (primary N) is 5. The number of nitrogens with one attached hydrogen (secondary N) is 2. The zero-order valence-electron chi connectivity index (χ0n) is 50.1. The number of hydrogen-bond acceptors (Lipinski definition) is 36. The van der Waals surface area contributed by atoms with Crippen LogP contribution >= 0.6 is 31.3 Å². The van der Waals surface area contributed by atoms with Gasteiger partial charge in [0.1, 0.15) is 104 Å². The minimum Gasteiger partial charge on any atom is -0.394 e. The summed E-state index contributed by atoms with van der Waals surface area (Å²) >= 11 is 0. The average molecular weight is 1460 g/mol. The molecule has 18 N–H and O–H groups in total. The van der Waals surface area contributed by atoms with Crippen LogP contribution in [0.4, 0.5) is 29.4 Å². The molecule has 51 heteroatoms. The number of ether oxygens (including phenoxy) is 5. The van der Waals surface area contributed by atoms with Gasteiger partial charge in [0, 0.05) is 50.7 Å². The molecule has 7 aromatic rings. The van der Waals surface area contributed by atoms with Gasteiger partial charge in [-0.2, -0.15) is 24.9 Å². The molecule has 0 aromatic carbocycles. The van der Waals surface area contributed by atoms with E-state index in [1.54, 1.807) is 0 Å². The number of anilines is 5. The highest BCUT2D eigenvalue weighted by Crippen LogP contribution is 2.55. The van der Waals surface area contributed by atoms with Gasteiger partial charge in [0.15, 0.2) is 22.3 Å². The Balaban J connectivity index is 0.748. The summed E-state index contributed by atoms with van der Waals surface area (Å²) in [4.78, 5) is 140. The second-order valence-electron chi connectivity index (χ2n) is 22.4. The van der Waals surface area contributed by atoms with Crippen LogP contribution in [-0.2, 0) is 78.1 Å². The monoisotopic (exact) mass is 1460 g/mol. The number of aromatic nitrogens is 14. The number of nitrogen functional groups attached to an aromatic ring is 5. The Labute approximate surface area is 544 Å². The third-order valence-corrected chi connectivity index (χ3v) is 19.8. The molecule has 0 amide bonds. The molecule has 0 bridgehead atoms. The van der Waals surface area contributed by atoms with Crippen molar-refractivity contribution < 1.29 is 108 Å². The maximum Gasteiger partial charge on any atom is 0.472 e. The van der Waals surface area contributed by atoms with Crippen LogP contribution in [0.5, 0.6) is 0 Å². The Morgan fingerprint density at radius 2 is 0.745 bits per heavy atom. The molecule has 5 saturated heterocycles. The van der Waals surface area contributed by atoms with Crippen molar-refractivity contribution in [3.63, 3.8) is 0 Å². The second-order valence-corrected chi connectivity index (χ2v) is 28.0.